The van der Waals surface area contributed by atoms with E-state index in [1.807, 2.05) is 0 Å². The van der Waals surface area contributed by atoms with Gasteiger partial charge in [-0.2, -0.15) is 0 Å². The predicted molar refractivity (Wildman–Crippen MR) is 111 cm³/mol. The minimum absolute atomic E-state index is 0.311. The lowest BCUT2D eigenvalue weighted by Gasteiger charge is -2.53. The van der Waals surface area contributed by atoms with Crippen LogP contribution in [0.2, 0.25) is 0 Å². The quantitative estimate of drug-likeness (QED) is 0.477. The van der Waals surface area contributed by atoms with Crippen molar-refractivity contribution in [3.63, 3.8) is 0 Å². The van der Waals surface area contributed by atoms with E-state index in [2.05, 4.69) is 41.5 Å². The smallest absolute Gasteiger partial charge is 0.119 e. The number of halogens is 1. The first-order valence-electron chi connectivity index (χ1n) is 11.9. The van der Waals surface area contributed by atoms with Gasteiger partial charge in [0.25, 0.3) is 0 Å². The van der Waals surface area contributed by atoms with Crippen LogP contribution in [0.15, 0.2) is 0 Å². The molecule has 3 rings (SSSR count). The maximum atomic E-state index is 17.5. The standard InChI is InChI=1S/C25H45F/c1-16-7-17(2)11-22(10-16)25(26,23-12-18(3)8-19(4)13-23)24-14-20(5)9-21(6)15-24/h16-24H,7-15H2,1-6H3. The van der Waals surface area contributed by atoms with Crippen LogP contribution in [0.25, 0.3) is 0 Å². The first-order chi connectivity index (χ1) is 12.2. The van der Waals surface area contributed by atoms with Gasteiger partial charge in [0.15, 0.2) is 0 Å². The van der Waals surface area contributed by atoms with Gasteiger partial charge in [-0.1, -0.05) is 41.5 Å². The number of alkyl halides is 1. The second-order valence-corrected chi connectivity index (χ2v) is 11.7. The van der Waals surface area contributed by atoms with Crippen molar-refractivity contribution in [2.45, 2.75) is 105 Å². The van der Waals surface area contributed by atoms with E-state index >= 15 is 4.39 Å². The fourth-order valence-corrected chi connectivity index (χ4v) is 7.92. The summed E-state index contributed by atoms with van der Waals surface area (Å²) in [5.41, 5.74) is -0.908. The third-order valence-corrected chi connectivity index (χ3v) is 8.41. The summed E-state index contributed by atoms with van der Waals surface area (Å²) < 4.78 is 17.5. The lowest BCUT2D eigenvalue weighted by atomic mass is 9.54. The number of hydrogen-bond donors (Lipinski definition) is 0. The van der Waals surface area contributed by atoms with Crippen LogP contribution in [0.5, 0.6) is 0 Å². The summed E-state index contributed by atoms with van der Waals surface area (Å²) in [6.07, 6.45) is 10.8. The molecule has 1 heteroatoms. The predicted octanol–water partition coefficient (Wildman–Crippen LogP) is 7.91. The zero-order valence-electron chi connectivity index (χ0n) is 18.4. The highest BCUT2D eigenvalue weighted by atomic mass is 19.1. The average Bonchev–Trinajstić information content (AvgIpc) is 2.51. The van der Waals surface area contributed by atoms with Crippen LogP contribution < -0.4 is 0 Å². The van der Waals surface area contributed by atoms with Crippen LogP contribution in [0.1, 0.15) is 99.3 Å². The summed E-state index contributed by atoms with van der Waals surface area (Å²) in [4.78, 5) is 0. The highest BCUT2D eigenvalue weighted by Gasteiger charge is 2.54. The second-order valence-electron chi connectivity index (χ2n) is 11.7. The highest BCUT2D eigenvalue weighted by Crippen LogP contribution is 2.56. The minimum Gasteiger partial charge on any atom is -0.243 e. The Balaban J connectivity index is 1.92. The fraction of sp³-hybridized carbons (Fsp3) is 1.00. The van der Waals surface area contributed by atoms with Gasteiger partial charge in [-0.25, -0.2) is 4.39 Å². The molecule has 0 spiro atoms. The molecular weight excluding hydrogens is 319 g/mol. The molecule has 0 nitrogen and oxygen atoms in total. The molecule has 0 saturated heterocycles. The van der Waals surface area contributed by atoms with Crippen LogP contribution in [0, 0.1) is 53.3 Å². The molecule has 6 unspecified atom stereocenters. The van der Waals surface area contributed by atoms with Crippen molar-refractivity contribution in [3.8, 4) is 0 Å². The summed E-state index contributed by atoms with van der Waals surface area (Å²) in [5.74, 6) is 5.16. The largest absolute Gasteiger partial charge is 0.243 e. The third-order valence-electron chi connectivity index (χ3n) is 8.41. The van der Waals surface area contributed by atoms with Crippen molar-refractivity contribution >= 4 is 0 Å². The molecule has 6 atom stereocenters. The van der Waals surface area contributed by atoms with Gasteiger partial charge in [-0.15, -0.1) is 0 Å². The molecule has 3 saturated carbocycles. The molecule has 152 valence electrons. The summed E-state index contributed by atoms with van der Waals surface area (Å²) in [6.45, 7) is 14.3. The van der Waals surface area contributed by atoms with Crippen LogP contribution in [0.3, 0.4) is 0 Å². The molecule has 26 heavy (non-hydrogen) atoms. The van der Waals surface area contributed by atoms with E-state index in [-0.39, 0.29) is 0 Å². The first kappa shape index (κ1) is 20.7. The van der Waals surface area contributed by atoms with Crippen LogP contribution >= 0.6 is 0 Å². The molecule has 0 heterocycles. The summed E-state index contributed by atoms with van der Waals surface area (Å²) in [7, 11) is 0. The monoisotopic (exact) mass is 364 g/mol. The van der Waals surface area contributed by atoms with E-state index in [0.717, 1.165) is 38.5 Å². The van der Waals surface area contributed by atoms with Crippen LogP contribution in [0.4, 0.5) is 4.39 Å². The van der Waals surface area contributed by atoms with Crippen LogP contribution in [-0.2, 0) is 0 Å². The van der Waals surface area contributed by atoms with E-state index in [9.17, 15) is 0 Å². The van der Waals surface area contributed by atoms with Crippen molar-refractivity contribution in [3.05, 3.63) is 0 Å². The SMILES string of the molecule is CC1CC(C)CC(C(F)(C2CC(C)CC(C)C2)C2CC(C)CC(C)C2)C1. The van der Waals surface area contributed by atoms with Gasteiger partial charge < -0.3 is 0 Å². The van der Waals surface area contributed by atoms with Gasteiger partial charge in [0.1, 0.15) is 5.67 Å². The molecule has 0 N–H and O–H groups in total. The lowest BCUT2D eigenvalue weighted by molar-refractivity contribution is -0.108. The van der Waals surface area contributed by atoms with Gasteiger partial charge in [0.05, 0.1) is 0 Å². The topological polar surface area (TPSA) is 0 Å². The zero-order valence-corrected chi connectivity index (χ0v) is 18.4. The Kier molecular flexibility index (Phi) is 6.45. The van der Waals surface area contributed by atoms with Crippen molar-refractivity contribution in [2.24, 2.45) is 53.3 Å². The molecular formula is C25H45F. The molecule has 3 aliphatic rings. The Hall–Kier alpha value is -0.0700. The Morgan fingerprint density at radius 3 is 0.808 bits per heavy atom. The van der Waals surface area contributed by atoms with E-state index in [4.69, 9.17) is 0 Å². The molecule has 3 aliphatic carbocycles. The summed E-state index contributed by atoms with van der Waals surface area (Å²) >= 11 is 0. The Bertz CT molecular complexity index is 363. The molecule has 0 bridgehead atoms. The summed E-state index contributed by atoms with van der Waals surface area (Å²) in [6, 6.07) is 0. The van der Waals surface area contributed by atoms with E-state index < -0.39 is 5.67 Å². The van der Waals surface area contributed by atoms with Crippen molar-refractivity contribution in [2.75, 3.05) is 0 Å². The first-order valence-corrected chi connectivity index (χ1v) is 11.9. The fourth-order valence-electron chi connectivity index (χ4n) is 7.92. The van der Waals surface area contributed by atoms with Gasteiger partial charge >= 0.3 is 0 Å². The third kappa shape index (κ3) is 4.33. The molecule has 0 radical (unpaired) electrons. The minimum atomic E-state index is -0.908. The molecule has 0 aromatic carbocycles. The zero-order chi connectivity index (χ0) is 19.1. The molecule has 0 aliphatic heterocycles. The molecule has 3 fully saturated rings. The maximum absolute atomic E-state index is 17.5. The molecule has 0 aromatic heterocycles. The van der Waals surface area contributed by atoms with Crippen molar-refractivity contribution < 1.29 is 4.39 Å². The van der Waals surface area contributed by atoms with Crippen LogP contribution in [-0.4, -0.2) is 5.67 Å². The Morgan fingerprint density at radius 1 is 0.423 bits per heavy atom. The van der Waals surface area contributed by atoms with Gasteiger partial charge in [0.2, 0.25) is 0 Å². The van der Waals surface area contributed by atoms with Gasteiger partial charge in [-0.05, 0) is 111 Å². The number of hydrogen-bond acceptors (Lipinski definition) is 0. The Morgan fingerprint density at radius 2 is 0.615 bits per heavy atom. The van der Waals surface area contributed by atoms with E-state index in [1.54, 1.807) is 0 Å². The second kappa shape index (κ2) is 8.12. The number of rotatable bonds is 3. The summed E-state index contributed by atoms with van der Waals surface area (Å²) in [5, 5.41) is 0. The van der Waals surface area contributed by atoms with E-state index in [0.29, 0.717) is 53.3 Å². The normalized spacial score (nSPS) is 50.2. The lowest BCUT2D eigenvalue weighted by Crippen LogP contribution is -2.53. The molecule has 0 amide bonds. The van der Waals surface area contributed by atoms with Crippen molar-refractivity contribution in [1.82, 2.24) is 0 Å². The average molecular weight is 365 g/mol. The van der Waals surface area contributed by atoms with E-state index in [1.165, 1.54) is 19.3 Å². The molecule has 0 aromatic rings. The highest BCUT2D eigenvalue weighted by molar-refractivity contribution is 5.03. The van der Waals surface area contributed by atoms with Gasteiger partial charge in [0, 0.05) is 0 Å². The van der Waals surface area contributed by atoms with Gasteiger partial charge in [-0.3, -0.25) is 0 Å². The Labute approximate surface area is 163 Å². The maximum Gasteiger partial charge on any atom is 0.119 e. The van der Waals surface area contributed by atoms with Crippen molar-refractivity contribution in [1.29, 1.82) is 0 Å².